The molecular formula is C23H29N7S. The molecule has 0 unspecified atom stereocenters. The summed E-state index contributed by atoms with van der Waals surface area (Å²) in [6.07, 6.45) is 2.19. The molecule has 31 heavy (non-hydrogen) atoms. The average Bonchev–Trinajstić information content (AvgIpc) is 3.25. The van der Waals surface area contributed by atoms with E-state index in [0.29, 0.717) is 6.04 Å². The van der Waals surface area contributed by atoms with Crippen molar-refractivity contribution in [3.05, 3.63) is 36.2 Å². The van der Waals surface area contributed by atoms with E-state index in [1.807, 2.05) is 19.1 Å². The topological polar surface area (TPSA) is 71.2 Å². The number of rotatable bonds is 3. The van der Waals surface area contributed by atoms with Crippen LogP contribution in [0.5, 0.6) is 0 Å². The molecule has 5 rings (SSSR count). The summed E-state index contributed by atoms with van der Waals surface area (Å²) >= 11 is 1.75. The molecule has 1 aromatic carbocycles. The molecule has 0 atom stereocenters. The number of hydrogen-bond donors (Lipinski definition) is 1. The van der Waals surface area contributed by atoms with Gasteiger partial charge in [-0.05, 0) is 71.7 Å². The third-order valence-electron chi connectivity index (χ3n) is 6.00. The summed E-state index contributed by atoms with van der Waals surface area (Å²) in [7, 11) is 2.18. The van der Waals surface area contributed by atoms with Gasteiger partial charge >= 0.3 is 0 Å². The summed E-state index contributed by atoms with van der Waals surface area (Å²) < 4.78 is 2.77. The molecule has 0 bridgehead atoms. The summed E-state index contributed by atoms with van der Waals surface area (Å²) in [5.41, 5.74) is 3.94. The molecule has 0 aliphatic carbocycles. The Kier molecular flexibility index (Phi) is 4.57. The molecule has 1 fully saturated rings. The van der Waals surface area contributed by atoms with Crippen LogP contribution in [0.2, 0.25) is 0 Å². The van der Waals surface area contributed by atoms with E-state index in [-0.39, 0.29) is 11.1 Å². The summed E-state index contributed by atoms with van der Waals surface area (Å²) in [5, 5.41) is 13.8. The van der Waals surface area contributed by atoms with Gasteiger partial charge in [0, 0.05) is 29.7 Å². The lowest BCUT2D eigenvalue weighted by atomic mass is 9.79. The van der Waals surface area contributed by atoms with Crippen molar-refractivity contribution in [2.24, 2.45) is 0 Å². The number of fused-ring (bicyclic) bond motifs is 2. The molecule has 1 N–H and O–H groups in total. The molecule has 8 heteroatoms. The number of nitrogens with one attached hydrogen (secondary N) is 1. The van der Waals surface area contributed by atoms with Gasteiger partial charge in [-0.15, -0.1) is 14.8 Å². The summed E-state index contributed by atoms with van der Waals surface area (Å²) in [5.74, 6) is 0.722. The lowest BCUT2D eigenvalue weighted by Crippen LogP contribution is -2.61. The van der Waals surface area contributed by atoms with Crippen molar-refractivity contribution < 1.29 is 0 Å². The molecule has 0 saturated carbocycles. The number of aromatic nitrogens is 5. The lowest BCUT2D eigenvalue weighted by Gasteiger charge is -2.48. The van der Waals surface area contributed by atoms with Gasteiger partial charge in [-0.25, -0.2) is 9.97 Å². The molecule has 3 aromatic heterocycles. The van der Waals surface area contributed by atoms with Crippen molar-refractivity contribution in [1.29, 1.82) is 0 Å². The van der Waals surface area contributed by atoms with Gasteiger partial charge in [-0.2, -0.15) is 0 Å². The third-order valence-corrected chi connectivity index (χ3v) is 7.11. The fourth-order valence-corrected chi connectivity index (χ4v) is 6.00. The number of hydrogen-bond acceptors (Lipinski definition) is 7. The Bertz CT molecular complexity index is 1250. The minimum atomic E-state index is 0.106. The second kappa shape index (κ2) is 6.97. The van der Waals surface area contributed by atoms with E-state index >= 15 is 0 Å². The van der Waals surface area contributed by atoms with Crippen molar-refractivity contribution in [3.63, 3.8) is 0 Å². The minimum absolute atomic E-state index is 0.106. The Morgan fingerprint density at radius 2 is 1.77 bits per heavy atom. The van der Waals surface area contributed by atoms with Crippen molar-refractivity contribution in [2.45, 2.75) is 64.6 Å². The van der Waals surface area contributed by atoms with Crippen LogP contribution in [-0.2, 0) is 0 Å². The summed E-state index contributed by atoms with van der Waals surface area (Å²) in [6.45, 7) is 11.0. The highest BCUT2D eigenvalue weighted by Gasteiger charge is 2.39. The maximum atomic E-state index is 4.95. The normalized spacial score (nSPS) is 18.6. The smallest absolute Gasteiger partial charge is 0.186 e. The number of benzene rings is 1. The SMILES string of the molecule is Cc1nc2ccc(-c3ccc4nc(N(C)C5CC(C)(C)NC(C)(C)C5)sc4c3)nn2n1. The quantitative estimate of drug-likeness (QED) is 0.512. The molecule has 162 valence electrons. The molecule has 1 aliphatic heterocycles. The highest BCUT2D eigenvalue weighted by atomic mass is 32.1. The first-order chi connectivity index (χ1) is 14.6. The Morgan fingerprint density at radius 1 is 1.03 bits per heavy atom. The zero-order valence-electron chi connectivity index (χ0n) is 19.0. The van der Waals surface area contributed by atoms with Crippen LogP contribution in [0.3, 0.4) is 0 Å². The summed E-state index contributed by atoms with van der Waals surface area (Å²) in [4.78, 5) is 11.7. The van der Waals surface area contributed by atoms with E-state index in [2.05, 4.69) is 78.3 Å². The van der Waals surface area contributed by atoms with Crippen LogP contribution in [0, 0.1) is 6.92 Å². The monoisotopic (exact) mass is 435 g/mol. The van der Waals surface area contributed by atoms with E-state index in [1.165, 1.54) is 4.70 Å². The molecule has 1 saturated heterocycles. The zero-order chi connectivity index (χ0) is 22.0. The first-order valence-electron chi connectivity index (χ1n) is 10.7. The van der Waals surface area contributed by atoms with Gasteiger partial charge in [0.05, 0.1) is 15.9 Å². The van der Waals surface area contributed by atoms with Crippen molar-refractivity contribution in [2.75, 3.05) is 11.9 Å². The van der Waals surface area contributed by atoms with Crippen LogP contribution < -0.4 is 10.2 Å². The van der Waals surface area contributed by atoms with Crippen LogP contribution in [-0.4, -0.2) is 49.0 Å². The minimum Gasteiger partial charge on any atom is -0.348 e. The Labute approximate surface area is 186 Å². The van der Waals surface area contributed by atoms with Gasteiger partial charge in [0.25, 0.3) is 0 Å². The zero-order valence-corrected chi connectivity index (χ0v) is 19.8. The lowest BCUT2D eigenvalue weighted by molar-refractivity contribution is 0.161. The fraction of sp³-hybridized carbons (Fsp3) is 0.478. The van der Waals surface area contributed by atoms with Crippen LogP contribution in [0.1, 0.15) is 46.4 Å². The van der Waals surface area contributed by atoms with Gasteiger partial charge in [0.1, 0.15) is 5.82 Å². The van der Waals surface area contributed by atoms with Crippen molar-refractivity contribution >= 4 is 32.3 Å². The van der Waals surface area contributed by atoms with Crippen molar-refractivity contribution in [3.8, 4) is 11.3 Å². The molecule has 0 spiro atoms. The van der Waals surface area contributed by atoms with Gasteiger partial charge in [0.2, 0.25) is 0 Å². The van der Waals surface area contributed by atoms with Crippen LogP contribution in [0.15, 0.2) is 30.3 Å². The van der Waals surface area contributed by atoms with Crippen molar-refractivity contribution in [1.82, 2.24) is 30.1 Å². The maximum Gasteiger partial charge on any atom is 0.186 e. The highest BCUT2D eigenvalue weighted by Crippen LogP contribution is 2.37. The molecule has 1 aliphatic rings. The van der Waals surface area contributed by atoms with E-state index in [0.717, 1.165) is 46.2 Å². The van der Waals surface area contributed by atoms with Crippen LogP contribution in [0.25, 0.3) is 27.1 Å². The van der Waals surface area contributed by atoms with E-state index in [9.17, 15) is 0 Å². The predicted octanol–water partition coefficient (Wildman–Crippen LogP) is 4.45. The molecule has 4 aromatic rings. The van der Waals surface area contributed by atoms with Crippen LogP contribution in [0.4, 0.5) is 5.13 Å². The Hall–Kier alpha value is -2.58. The third kappa shape index (κ3) is 3.90. The fourth-order valence-electron chi connectivity index (χ4n) is 4.96. The first kappa shape index (κ1) is 20.3. The molecular weight excluding hydrogens is 406 g/mol. The Morgan fingerprint density at radius 3 is 2.52 bits per heavy atom. The molecule has 7 nitrogen and oxygen atoms in total. The number of thiazole rings is 1. The van der Waals surface area contributed by atoms with Crippen LogP contribution >= 0.6 is 11.3 Å². The second-order valence-electron chi connectivity index (χ2n) is 9.97. The van der Waals surface area contributed by atoms with Gasteiger partial charge in [-0.1, -0.05) is 17.4 Å². The molecule has 0 amide bonds. The average molecular weight is 436 g/mol. The number of nitrogens with zero attached hydrogens (tertiary/aromatic N) is 6. The van der Waals surface area contributed by atoms with Gasteiger partial charge < -0.3 is 10.2 Å². The molecule has 4 heterocycles. The van der Waals surface area contributed by atoms with E-state index < -0.39 is 0 Å². The van der Waals surface area contributed by atoms with Gasteiger partial charge in [0.15, 0.2) is 10.8 Å². The number of piperidine rings is 1. The molecule has 0 radical (unpaired) electrons. The van der Waals surface area contributed by atoms with Gasteiger partial charge in [-0.3, -0.25) is 0 Å². The maximum absolute atomic E-state index is 4.95. The summed E-state index contributed by atoms with van der Waals surface area (Å²) in [6, 6.07) is 10.8. The Balaban J connectivity index is 1.46. The van der Waals surface area contributed by atoms with E-state index in [4.69, 9.17) is 4.98 Å². The number of aryl methyl sites for hydroxylation is 1. The first-order valence-corrected chi connectivity index (χ1v) is 11.5. The standard InChI is InChI=1S/C23H29N7S/c1-14-24-20-10-9-17(27-30(20)26-14)15-7-8-18-19(11-15)31-21(25-18)29(6)16-12-22(2,3)28-23(4,5)13-16/h7-11,16,28H,12-13H2,1-6H3. The van der Waals surface area contributed by atoms with E-state index in [1.54, 1.807) is 16.0 Å². The second-order valence-corrected chi connectivity index (χ2v) is 11.0. The predicted molar refractivity (Wildman–Crippen MR) is 127 cm³/mol. The largest absolute Gasteiger partial charge is 0.348 e. The number of anilines is 1. The highest BCUT2D eigenvalue weighted by molar-refractivity contribution is 7.22.